The van der Waals surface area contributed by atoms with Crippen molar-refractivity contribution < 1.29 is 19.1 Å². The predicted molar refractivity (Wildman–Crippen MR) is 98.8 cm³/mol. The molecule has 1 aliphatic rings. The fraction of sp³-hybridized carbons (Fsp3) is 0.238. The van der Waals surface area contributed by atoms with Crippen molar-refractivity contribution in [3.63, 3.8) is 0 Å². The third-order valence-corrected chi connectivity index (χ3v) is 4.23. The van der Waals surface area contributed by atoms with Gasteiger partial charge >= 0.3 is 12.1 Å². The number of benzene rings is 2. The lowest BCUT2D eigenvalue weighted by Gasteiger charge is -2.24. The van der Waals surface area contributed by atoms with Crippen LogP contribution in [0.1, 0.15) is 35.2 Å². The molecule has 0 saturated heterocycles. The first-order valence-electron chi connectivity index (χ1n) is 8.62. The maximum atomic E-state index is 12.7. The standard InChI is InChI=1S/C21H21NO4/c1-25-20(23)17-13-11-16(12-14-17)19-10-6-3-7-15-22(19)21(24)26-18-8-4-2-5-9-18/h2,4-5,8-14H,3,6-7,15H2,1H3. The van der Waals surface area contributed by atoms with Crippen LogP contribution < -0.4 is 4.74 Å². The summed E-state index contributed by atoms with van der Waals surface area (Å²) in [6, 6.07) is 16.1. The predicted octanol–water partition coefficient (Wildman–Crippen LogP) is 4.50. The van der Waals surface area contributed by atoms with Crippen LogP contribution in [-0.4, -0.2) is 30.6 Å². The van der Waals surface area contributed by atoms with E-state index in [1.807, 2.05) is 36.4 Å². The van der Waals surface area contributed by atoms with Crippen LogP contribution >= 0.6 is 0 Å². The van der Waals surface area contributed by atoms with E-state index in [0.29, 0.717) is 17.9 Å². The summed E-state index contributed by atoms with van der Waals surface area (Å²) in [6.07, 6.45) is 4.46. The number of nitrogens with zero attached hydrogens (tertiary/aromatic N) is 1. The van der Waals surface area contributed by atoms with Gasteiger partial charge in [-0.05, 0) is 49.1 Å². The van der Waals surface area contributed by atoms with Crippen molar-refractivity contribution in [2.24, 2.45) is 0 Å². The van der Waals surface area contributed by atoms with Crippen molar-refractivity contribution in [2.45, 2.75) is 19.3 Å². The highest BCUT2D eigenvalue weighted by Gasteiger charge is 2.23. The number of hydrogen-bond donors (Lipinski definition) is 0. The lowest BCUT2D eigenvalue weighted by Crippen LogP contribution is -2.32. The van der Waals surface area contributed by atoms with Crippen molar-refractivity contribution in [1.82, 2.24) is 4.90 Å². The second-order valence-corrected chi connectivity index (χ2v) is 5.99. The number of carbonyl (C=O) groups is 2. The van der Waals surface area contributed by atoms with E-state index in [2.05, 4.69) is 0 Å². The zero-order valence-corrected chi connectivity index (χ0v) is 14.7. The summed E-state index contributed by atoms with van der Waals surface area (Å²) in [5.74, 6) is 0.133. The summed E-state index contributed by atoms with van der Waals surface area (Å²) < 4.78 is 10.2. The second-order valence-electron chi connectivity index (χ2n) is 5.99. The largest absolute Gasteiger partial charge is 0.465 e. The smallest absolute Gasteiger partial charge is 0.419 e. The van der Waals surface area contributed by atoms with Crippen LogP contribution in [-0.2, 0) is 4.74 Å². The molecule has 5 heteroatoms. The molecule has 0 bridgehead atoms. The summed E-state index contributed by atoms with van der Waals surface area (Å²) >= 11 is 0. The Morgan fingerprint density at radius 1 is 0.962 bits per heavy atom. The van der Waals surface area contributed by atoms with Gasteiger partial charge in [0.25, 0.3) is 0 Å². The molecule has 1 aliphatic heterocycles. The van der Waals surface area contributed by atoms with Gasteiger partial charge in [0.15, 0.2) is 0 Å². The van der Waals surface area contributed by atoms with Gasteiger partial charge in [-0.2, -0.15) is 0 Å². The number of para-hydroxylation sites is 1. The molecule has 0 unspecified atom stereocenters. The summed E-state index contributed by atoms with van der Waals surface area (Å²) in [7, 11) is 1.35. The molecule has 3 rings (SSSR count). The molecular weight excluding hydrogens is 330 g/mol. The highest BCUT2D eigenvalue weighted by atomic mass is 16.6. The van der Waals surface area contributed by atoms with Crippen molar-refractivity contribution in [1.29, 1.82) is 0 Å². The highest BCUT2D eigenvalue weighted by Crippen LogP contribution is 2.26. The summed E-state index contributed by atoms with van der Waals surface area (Å²) in [5, 5.41) is 0. The fourth-order valence-corrected chi connectivity index (χ4v) is 2.89. The van der Waals surface area contributed by atoms with E-state index in [1.165, 1.54) is 7.11 Å². The lowest BCUT2D eigenvalue weighted by molar-refractivity contribution is 0.0600. The molecule has 1 heterocycles. The number of carbonyl (C=O) groups excluding carboxylic acids is 2. The number of esters is 1. The average Bonchev–Trinajstić information content (AvgIpc) is 2.94. The van der Waals surface area contributed by atoms with E-state index >= 15 is 0 Å². The maximum absolute atomic E-state index is 12.7. The molecule has 2 aromatic carbocycles. The molecule has 2 aromatic rings. The Bertz CT molecular complexity index is 797. The van der Waals surface area contributed by atoms with Gasteiger partial charge in [0.05, 0.1) is 18.4 Å². The molecule has 5 nitrogen and oxygen atoms in total. The number of hydrogen-bond acceptors (Lipinski definition) is 4. The van der Waals surface area contributed by atoms with E-state index in [1.54, 1.807) is 29.2 Å². The molecule has 134 valence electrons. The molecular formula is C21H21NO4. The molecule has 0 N–H and O–H groups in total. The zero-order valence-electron chi connectivity index (χ0n) is 14.7. The van der Waals surface area contributed by atoms with Crippen molar-refractivity contribution in [3.05, 3.63) is 71.8 Å². The quantitative estimate of drug-likeness (QED) is 0.764. The molecule has 0 radical (unpaired) electrons. The Morgan fingerprint density at radius 2 is 1.69 bits per heavy atom. The van der Waals surface area contributed by atoms with Crippen molar-refractivity contribution in [3.8, 4) is 5.75 Å². The van der Waals surface area contributed by atoms with Crippen LogP contribution in [0.4, 0.5) is 4.79 Å². The van der Waals surface area contributed by atoms with Gasteiger partial charge in [-0.15, -0.1) is 0 Å². The van der Waals surface area contributed by atoms with E-state index in [9.17, 15) is 9.59 Å². The van der Waals surface area contributed by atoms with Gasteiger partial charge in [0.1, 0.15) is 5.75 Å². The first-order valence-corrected chi connectivity index (χ1v) is 8.62. The molecule has 0 aromatic heterocycles. The monoisotopic (exact) mass is 351 g/mol. The van der Waals surface area contributed by atoms with Crippen LogP contribution in [0.2, 0.25) is 0 Å². The summed E-state index contributed by atoms with van der Waals surface area (Å²) in [5.41, 5.74) is 2.15. The van der Waals surface area contributed by atoms with E-state index in [4.69, 9.17) is 9.47 Å². The molecule has 0 fully saturated rings. The topological polar surface area (TPSA) is 55.8 Å². The molecule has 26 heavy (non-hydrogen) atoms. The zero-order chi connectivity index (χ0) is 18.4. The van der Waals surface area contributed by atoms with Crippen LogP contribution in [0.3, 0.4) is 0 Å². The Balaban J connectivity index is 1.83. The number of methoxy groups -OCH3 is 1. The molecule has 0 atom stereocenters. The number of rotatable bonds is 3. The van der Waals surface area contributed by atoms with Gasteiger partial charge in [-0.3, -0.25) is 4.90 Å². The third-order valence-electron chi connectivity index (χ3n) is 4.23. The SMILES string of the molecule is COC(=O)c1ccc(C2=CCCCCN2C(=O)Oc2ccccc2)cc1. The van der Waals surface area contributed by atoms with Gasteiger partial charge in [0.2, 0.25) is 0 Å². The first kappa shape index (κ1) is 17.7. The molecule has 0 saturated carbocycles. The summed E-state index contributed by atoms with van der Waals surface area (Å²) in [4.78, 5) is 26.0. The Hall–Kier alpha value is -3.08. The number of ether oxygens (including phenoxy) is 2. The van der Waals surface area contributed by atoms with Crippen molar-refractivity contribution in [2.75, 3.05) is 13.7 Å². The first-order chi connectivity index (χ1) is 12.7. The van der Waals surface area contributed by atoms with Gasteiger partial charge in [0, 0.05) is 6.54 Å². The molecule has 1 amide bonds. The number of amides is 1. The van der Waals surface area contributed by atoms with Gasteiger partial charge in [-0.25, -0.2) is 9.59 Å². The Labute approximate surface area is 152 Å². The van der Waals surface area contributed by atoms with Crippen molar-refractivity contribution >= 4 is 17.8 Å². The lowest BCUT2D eigenvalue weighted by atomic mass is 10.1. The van der Waals surface area contributed by atoms with E-state index in [0.717, 1.165) is 30.5 Å². The fourth-order valence-electron chi connectivity index (χ4n) is 2.89. The molecule has 0 aliphatic carbocycles. The van der Waals surface area contributed by atoms with Crippen LogP contribution in [0, 0.1) is 0 Å². The maximum Gasteiger partial charge on any atom is 0.419 e. The Morgan fingerprint density at radius 3 is 2.38 bits per heavy atom. The second kappa shape index (κ2) is 8.34. The minimum absolute atomic E-state index is 0.383. The summed E-state index contributed by atoms with van der Waals surface area (Å²) in [6.45, 7) is 0.594. The van der Waals surface area contributed by atoms with Crippen LogP contribution in [0.5, 0.6) is 5.75 Å². The van der Waals surface area contributed by atoms with Crippen LogP contribution in [0.15, 0.2) is 60.7 Å². The highest BCUT2D eigenvalue weighted by molar-refractivity contribution is 5.90. The minimum Gasteiger partial charge on any atom is -0.465 e. The minimum atomic E-state index is -0.401. The normalized spacial score (nSPS) is 14.2. The van der Waals surface area contributed by atoms with E-state index < -0.39 is 6.09 Å². The van der Waals surface area contributed by atoms with Gasteiger partial charge < -0.3 is 9.47 Å². The third kappa shape index (κ3) is 4.11. The Kier molecular flexibility index (Phi) is 5.69. The van der Waals surface area contributed by atoms with Gasteiger partial charge in [-0.1, -0.05) is 36.4 Å². The van der Waals surface area contributed by atoms with E-state index in [-0.39, 0.29) is 5.97 Å². The molecule has 0 spiro atoms. The average molecular weight is 351 g/mol. The number of allylic oxidation sites excluding steroid dienone is 1. The van der Waals surface area contributed by atoms with Crippen LogP contribution in [0.25, 0.3) is 5.70 Å².